The zero-order chi connectivity index (χ0) is 80.2. The summed E-state index contributed by atoms with van der Waals surface area (Å²) in [5, 5.41) is 11.0. The van der Waals surface area contributed by atoms with Crippen molar-refractivity contribution in [3.8, 4) is 11.5 Å². The van der Waals surface area contributed by atoms with Crippen molar-refractivity contribution in [1.82, 2.24) is 25.3 Å². The number of nitrogens with one attached hydrogen (secondary N) is 3. The molecule has 9 rings (SSSR count). The van der Waals surface area contributed by atoms with Crippen LogP contribution in [0.5, 0.6) is 11.5 Å². The molecule has 6 aromatic rings. The summed E-state index contributed by atoms with van der Waals surface area (Å²) in [4.78, 5) is 141. The fourth-order valence-electron chi connectivity index (χ4n) is 13.5. The van der Waals surface area contributed by atoms with E-state index in [1.54, 1.807) is 62.9 Å². The number of rotatable bonds is 46. The highest BCUT2D eigenvalue weighted by atomic mass is 35.5. The third kappa shape index (κ3) is 25.8. The van der Waals surface area contributed by atoms with Gasteiger partial charge in [-0.15, -0.1) is 23.2 Å². The maximum absolute atomic E-state index is 14.6. The average Bonchev–Trinajstić information content (AvgIpc) is 1.62. The molecule has 10 amide bonds. The van der Waals surface area contributed by atoms with Crippen molar-refractivity contribution in [2.75, 3.05) is 165 Å². The Morgan fingerprint density at radius 2 is 1.14 bits per heavy atom. The molecular formula is C79H106Cl2N9O23PS. The highest BCUT2D eigenvalue weighted by molar-refractivity contribution is 8.00. The Labute approximate surface area is 684 Å². The number of likely N-dealkylation sites (tertiary alicyclic amines) is 1. The Morgan fingerprint density at radius 3 is 1.62 bits per heavy atom. The summed E-state index contributed by atoms with van der Waals surface area (Å²) in [5.41, 5.74) is 9.07. The van der Waals surface area contributed by atoms with Crippen molar-refractivity contribution < 1.29 is 111 Å². The van der Waals surface area contributed by atoms with Crippen LogP contribution in [-0.4, -0.2) is 252 Å². The Bertz CT molecular complexity index is 4240. The van der Waals surface area contributed by atoms with Crippen molar-refractivity contribution in [2.45, 2.75) is 89.5 Å². The Morgan fingerprint density at radius 1 is 0.652 bits per heavy atom. The van der Waals surface area contributed by atoms with E-state index in [4.69, 9.17) is 75.8 Å². The predicted molar refractivity (Wildman–Crippen MR) is 439 cm³/mol. The number of thioether (sulfide) groups is 1. The second kappa shape index (κ2) is 48.0. The third-order valence-electron chi connectivity index (χ3n) is 19.4. The number of ketones is 1. The summed E-state index contributed by atoms with van der Waals surface area (Å²) in [6.45, 7) is 12.1. The number of alkyl halides is 2. The number of anilines is 3. The van der Waals surface area contributed by atoms with Crippen LogP contribution < -0.4 is 40.7 Å². The lowest BCUT2D eigenvalue weighted by molar-refractivity contribution is -0.139. The van der Waals surface area contributed by atoms with E-state index >= 15 is 0 Å². The number of hydrogen-bond donors (Lipinski definition) is 4. The molecule has 115 heavy (non-hydrogen) atoms. The Hall–Kier alpha value is -8.80. The lowest BCUT2D eigenvalue weighted by Gasteiger charge is -2.26. The number of primary amides is 1. The van der Waals surface area contributed by atoms with E-state index in [0.29, 0.717) is 93.0 Å². The molecule has 2 unspecified atom stereocenters. The van der Waals surface area contributed by atoms with Crippen molar-refractivity contribution in [2.24, 2.45) is 17.6 Å². The van der Waals surface area contributed by atoms with Gasteiger partial charge in [-0.05, 0) is 90.6 Å². The molecule has 11 N–H and O–H groups in total. The number of nitrogens with two attached hydrogens (primary N) is 1. The molecule has 630 valence electrons. The van der Waals surface area contributed by atoms with Crippen LogP contribution in [0, 0.1) is 11.8 Å². The van der Waals surface area contributed by atoms with Crippen LogP contribution in [0.2, 0.25) is 0 Å². The first kappa shape index (κ1) is 95.0. The van der Waals surface area contributed by atoms with Crippen LogP contribution in [0.3, 0.4) is 0 Å². The predicted octanol–water partition coefficient (Wildman–Crippen LogP) is 7.81. The van der Waals surface area contributed by atoms with Crippen molar-refractivity contribution in [3.63, 3.8) is 0 Å². The van der Waals surface area contributed by atoms with Crippen LogP contribution in [0.1, 0.15) is 109 Å². The van der Waals surface area contributed by atoms with Gasteiger partial charge in [0, 0.05) is 123 Å². The highest BCUT2D eigenvalue weighted by Gasteiger charge is 2.41. The van der Waals surface area contributed by atoms with E-state index in [1.807, 2.05) is 60.9 Å². The van der Waals surface area contributed by atoms with Crippen molar-refractivity contribution >= 4 is 142 Å². The average molecular weight is 1680 g/mol. The fraction of sp³-hybridized carbons (Fsp3) is 0.494. The molecule has 32 nitrogen and oxygen atoms in total. The lowest BCUT2D eigenvalue weighted by Crippen LogP contribution is -2.45. The lowest BCUT2D eigenvalue weighted by atomic mass is 9.89. The minimum absolute atomic E-state index is 0. The number of urea groups is 1. The standard InChI is InChI=1S/C79H100Cl2N9O20PS.3H2O/c1-6-86(26-27-87(7-2)79(100)109-65-42-60-70(58-16-10-8-14-56(58)65)53(45-80)47-89(60)74(95)63-22-23-64(108-63)75(96)90-48-54(46-81)71-59-17-11-9-15-57(59)66(110-111)43-61(71)90)78(99)107-49-51-18-20-55(21-19-51)84-73(94)52(13-12-25-83-77(82)98)41-62(91)72(50(3)4)85-68(92)24-29-101-31-33-103-35-37-105-39-40-106-38-36-104-34-32-102-30-28-88-69(93)44-67(112-5)76(88)97;;;/h8-11,14-23,42-43,50,52-54,67,72H,6-7,12-13,24-41,44-49,111H2,1-5H3,(H,84,94)(H,85,92)(H3,82,83,98);3*1H2/t52-,53-,54-,67?,72+;;;/m1.../s1. The molecule has 1 saturated heterocycles. The molecule has 0 spiro atoms. The summed E-state index contributed by atoms with van der Waals surface area (Å²) < 4.78 is 56.9. The zero-order valence-electron chi connectivity index (χ0n) is 65.2. The fourth-order valence-corrected chi connectivity index (χ4v) is 14.9. The summed E-state index contributed by atoms with van der Waals surface area (Å²) in [7, 11) is 2.26. The van der Waals surface area contributed by atoms with Crippen LogP contribution in [0.25, 0.3) is 21.5 Å². The summed E-state index contributed by atoms with van der Waals surface area (Å²) >= 11 is 14.5. The van der Waals surface area contributed by atoms with Gasteiger partial charge in [-0.1, -0.05) is 74.5 Å². The minimum Gasteiger partial charge on any atom is -0.480 e. The minimum atomic E-state index is -0.908. The second-order valence-corrected chi connectivity index (χ2v) is 29.0. The molecule has 0 radical (unpaired) electrons. The maximum Gasteiger partial charge on any atom is 0.415 e. The molecule has 4 heterocycles. The number of Topliss-reactive ketones (excluding diaryl/α,β-unsaturated/α-hetero) is 1. The number of imide groups is 1. The summed E-state index contributed by atoms with van der Waals surface area (Å²) in [6.07, 6.45) is 0.980. The van der Waals surface area contributed by atoms with Gasteiger partial charge in [-0.3, -0.25) is 38.5 Å². The number of carbonyl (C=O) groups excluding carboxylic acids is 10. The van der Waals surface area contributed by atoms with Gasteiger partial charge in [0.1, 0.15) is 18.1 Å². The molecular weight excluding hydrogens is 1580 g/mol. The van der Waals surface area contributed by atoms with E-state index in [1.165, 1.54) is 43.5 Å². The van der Waals surface area contributed by atoms with Gasteiger partial charge in [0.2, 0.25) is 23.6 Å². The first-order valence-corrected chi connectivity index (χ1v) is 40.4. The van der Waals surface area contributed by atoms with Crippen LogP contribution in [0.4, 0.5) is 31.4 Å². The maximum atomic E-state index is 14.6. The van der Waals surface area contributed by atoms with E-state index in [0.717, 1.165) is 27.3 Å². The zero-order valence-corrected chi connectivity index (χ0v) is 68.7. The Kier molecular flexibility index (Phi) is 39.7. The molecule has 6 atom stereocenters. The first-order valence-electron chi connectivity index (χ1n) is 37.5. The largest absolute Gasteiger partial charge is 0.480 e. The van der Waals surface area contributed by atoms with E-state index in [-0.39, 0.29) is 197 Å². The molecule has 36 heteroatoms. The topological polar surface area (TPSA) is 440 Å². The number of likely N-dealkylation sites (N-methyl/N-ethyl adjacent to an activating group) is 2. The highest BCUT2D eigenvalue weighted by Crippen LogP contribution is 2.48. The summed E-state index contributed by atoms with van der Waals surface area (Å²) in [5.74, 6) is -3.20. The first-order chi connectivity index (χ1) is 54.2. The van der Waals surface area contributed by atoms with Crippen molar-refractivity contribution in [1.29, 1.82) is 0 Å². The van der Waals surface area contributed by atoms with E-state index in [9.17, 15) is 47.9 Å². The van der Waals surface area contributed by atoms with Crippen LogP contribution >= 0.6 is 44.4 Å². The van der Waals surface area contributed by atoms with Crippen LogP contribution in [0.15, 0.2) is 101 Å². The normalized spacial score (nSPS) is 15.3. The Balaban J connectivity index is 0.00000686. The number of carbonyl (C=O) groups is 10. The third-order valence-corrected chi connectivity index (χ3v) is 21.4. The van der Waals surface area contributed by atoms with Gasteiger partial charge >= 0.3 is 18.2 Å². The molecule has 0 saturated carbocycles. The van der Waals surface area contributed by atoms with Crippen LogP contribution in [-0.2, 0) is 63.7 Å². The number of nitrogens with zero attached hydrogens (tertiary/aromatic N) is 5. The van der Waals surface area contributed by atoms with Gasteiger partial charge in [-0.25, -0.2) is 14.4 Å². The summed E-state index contributed by atoms with van der Waals surface area (Å²) in [6, 6.07) is 26.5. The molecule has 3 aliphatic heterocycles. The SMILES string of the molecule is CCN(CCN(CC)C(=O)Oc1cc2c(c3ccccc13)[C@H](CCl)CN2C(=O)c1ccc(C(=O)N2C[C@@H](CCl)c3c2cc(OP)c2ccccc32)o1)C(=O)OCc1ccc(NC(=O)[C@H](CCCNC(N)=O)CC(=O)[C@@H](NC(=O)CCOCCOCCOCCOCCOCCOCCN2C(=O)CC(SC)C2=O)C(C)C)cc1.O.O.O. The molecule has 1 aromatic heterocycles. The smallest absolute Gasteiger partial charge is 0.415 e. The number of halogens is 2. The second-order valence-electron chi connectivity index (χ2n) is 27.1. The van der Waals surface area contributed by atoms with Gasteiger partial charge in [0.15, 0.2) is 17.3 Å². The molecule has 0 bridgehead atoms. The van der Waals surface area contributed by atoms with Gasteiger partial charge in [0.05, 0.1) is 118 Å². The molecule has 5 aromatic carbocycles. The molecule has 1 fully saturated rings. The number of fused-ring (bicyclic) bond motifs is 6. The van der Waals surface area contributed by atoms with E-state index < -0.39 is 53.8 Å². The monoisotopic (exact) mass is 1680 g/mol. The quantitative estimate of drug-likeness (QED) is 0.0122. The van der Waals surface area contributed by atoms with E-state index in [2.05, 4.69) is 25.4 Å². The number of ether oxygens (including phenoxy) is 8. The molecule has 3 aliphatic rings. The van der Waals surface area contributed by atoms with Crippen molar-refractivity contribution in [3.05, 3.63) is 125 Å². The molecule has 0 aliphatic carbocycles. The van der Waals surface area contributed by atoms with Gasteiger partial charge in [0.25, 0.3) is 11.8 Å². The number of amides is 10. The number of benzene rings is 5. The number of hydrogen-bond acceptors (Lipinski definition) is 21. The van der Waals surface area contributed by atoms with Gasteiger partial charge in [-0.2, -0.15) is 11.8 Å². The number of furan rings is 1. The van der Waals surface area contributed by atoms with Gasteiger partial charge < -0.3 is 105 Å².